The van der Waals surface area contributed by atoms with Crippen LogP contribution < -0.4 is 0 Å². The maximum Gasteiger partial charge on any atom is 0.122 e. The number of aromatic hydroxyl groups is 5. The molecule has 0 unspecified atom stereocenters. The van der Waals surface area contributed by atoms with Crippen molar-refractivity contribution in [2.75, 3.05) is 0 Å². The highest BCUT2D eigenvalue weighted by atomic mass is 16.3. The number of rotatable bonds is 0. The third-order valence-corrected chi connectivity index (χ3v) is 8.76. The molecule has 224 valence electrons. The van der Waals surface area contributed by atoms with Crippen LogP contribution in [0.5, 0.6) is 28.7 Å². The Hall–Kier alpha value is -4.90. The minimum atomic E-state index is 0.133. The van der Waals surface area contributed by atoms with Gasteiger partial charge in [-0.05, 0) is 83.3 Å². The Morgan fingerprint density at radius 1 is 0.318 bits per heavy atom. The average Bonchev–Trinajstić information content (AvgIpc) is 2.95. The molecule has 5 N–H and O–H groups in total. The standard InChI is InChI=1S/C39H38O5/c1-21-8-27-16-25-6-5-7-26(35(25)40)17-28-9-22(2)11-30(37(28)42)19-32-13-24(4)15-34(39(32)44)20-33-14-23(3)12-31(38(33)43)18-29(10-21)36(27)41/h5-15,40-44H,16-20H2,1-4H3. The fourth-order valence-electron chi connectivity index (χ4n) is 6.77. The monoisotopic (exact) mass is 586 g/mol. The Kier molecular flexibility index (Phi) is 7.50. The summed E-state index contributed by atoms with van der Waals surface area (Å²) in [4.78, 5) is 0. The summed E-state index contributed by atoms with van der Waals surface area (Å²) >= 11 is 0. The largest absolute Gasteiger partial charge is 0.507 e. The molecule has 5 nitrogen and oxygen atoms in total. The summed E-state index contributed by atoms with van der Waals surface area (Å²) in [6, 6.07) is 21.0. The van der Waals surface area contributed by atoms with Gasteiger partial charge in [0.15, 0.2) is 0 Å². The molecular weight excluding hydrogens is 548 g/mol. The Balaban J connectivity index is 1.58. The minimum Gasteiger partial charge on any atom is -0.507 e. The number of hydrogen-bond donors (Lipinski definition) is 5. The van der Waals surface area contributed by atoms with Gasteiger partial charge in [0.1, 0.15) is 28.7 Å². The smallest absolute Gasteiger partial charge is 0.122 e. The number of hydrogen-bond acceptors (Lipinski definition) is 5. The van der Waals surface area contributed by atoms with Gasteiger partial charge in [-0.25, -0.2) is 0 Å². The molecule has 10 bridgehead atoms. The van der Waals surface area contributed by atoms with Crippen molar-refractivity contribution in [2.24, 2.45) is 0 Å². The van der Waals surface area contributed by atoms with Gasteiger partial charge >= 0.3 is 0 Å². The lowest BCUT2D eigenvalue weighted by Crippen LogP contribution is -2.02. The summed E-state index contributed by atoms with van der Waals surface area (Å²) in [6.07, 6.45) is 1.62. The summed E-state index contributed by atoms with van der Waals surface area (Å²) in [5, 5.41) is 57.2. The van der Waals surface area contributed by atoms with E-state index in [0.717, 1.165) is 22.3 Å². The summed E-state index contributed by atoms with van der Waals surface area (Å²) in [5.74, 6) is 0.689. The van der Waals surface area contributed by atoms with E-state index in [9.17, 15) is 25.5 Å². The van der Waals surface area contributed by atoms with Crippen molar-refractivity contribution in [2.45, 2.75) is 59.8 Å². The van der Waals surface area contributed by atoms with Crippen LogP contribution in [-0.4, -0.2) is 25.5 Å². The highest BCUT2D eigenvalue weighted by Gasteiger charge is 2.20. The van der Waals surface area contributed by atoms with Crippen molar-refractivity contribution < 1.29 is 25.5 Å². The molecule has 0 saturated heterocycles. The van der Waals surface area contributed by atoms with Crippen molar-refractivity contribution in [1.29, 1.82) is 0 Å². The van der Waals surface area contributed by atoms with Crippen LogP contribution in [0.25, 0.3) is 0 Å². The molecule has 0 radical (unpaired) electrons. The van der Waals surface area contributed by atoms with Crippen molar-refractivity contribution >= 4 is 0 Å². The highest BCUT2D eigenvalue weighted by molar-refractivity contribution is 5.57. The molecule has 44 heavy (non-hydrogen) atoms. The van der Waals surface area contributed by atoms with Gasteiger partial charge in [0.2, 0.25) is 0 Å². The zero-order chi connectivity index (χ0) is 31.3. The molecule has 5 aromatic rings. The van der Waals surface area contributed by atoms with Crippen LogP contribution >= 0.6 is 0 Å². The first-order valence-electron chi connectivity index (χ1n) is 15.0. The first-order chi connectivity index (χ1) is 21.0. The van der Waals surface area contributed by atoms with E-state index in [1.54, 1.807) is 0 Å². The van der Waals surface area contributed by atoms with Crippen molar-refractivity contribution in [3.63, 3.8) is 0 Å². The third-order valence-electron chi connectivity index (χ3n) is 8.76. The van der Waals surface area contributed by atoms with Crippen molar-refractivity contribution in [3.05, 3.63) is 145 Å². The predicted molar refractivity (Wildman–Crippen MR) is 174 cm³/mol. The molecule has 0 heterocycles. The summed E-state index contributed by atoms with van der Waals surface area (Å²) in [6.45, 7) is 7.89. The maximum atomic E-state index is 11.5. The molecule has 1 aliphatic carbocycles. The van der Waals surface area contributed by atoms with E-state index in [4.69, 9.17) is 0 Å². The minimum absolute atomic E-state index is 0.133. The van der Waals surface area contributed by atoms with Crippen LogP contribution in [-0.2, 0) is 32.1 Å². The number of benzene rings is 5. The van der Waals surface area contributed by atoms with E-state index in [1.807, 2.05) is 94.4 Å². The molecule has 5 heteroatoms. The highest BCUT2D eigenvalue weighted by Crippen LogP contribution is 2.39. The number of aryl methyl sites for hydroxylation is 4. The molecule has 0 saturated carbocycles. The molecule has 0 aromatic heterocycles. The zero-order valence-electron chi connectivity index (χ0n) is 25.6. The van der Waals surface area contributed by atoms with Crippen LogP contribution in [0.4, 0.5) is 0 Å². The van der Waals surface area contributed by atoms with E-state index in [-0.39, 0.29) is 28.7 Å². The van der Waals surface area contributed by atoms with E-state index in [1.165, 1.54) is 0 Å². The van der Waals surface area contributed by atoms with E-state index < -0.39 is 0 Å². The number of phenols is 5. The van der Waals surface area contributed by atoms with Gasteiger partial charge < -0.3 is 25.5 Å². The molecule has 0 spiro atoms. The second kappa shape index (κ2) is 11.3. The fraction of sp³-hybridized carbons (Fsp3) is 0.231. The Morgan fingerprint density at radius 3 is 0.727 bits per heavy atom. The number of fused-ring (bicyclic) bond motifs is 10. The normalized spacial score (nSPS) is 13.0. The average molecular weight is 587 g/mol. The van der Waals surface area contributed by atoms with Gasteiger partial charge in [0.25, 0.3) is 0 Å². The molecule has 0 atom stereocenters. The van der Waals surface area contributed by atoms with Crippen molar-refractivity contribution in [3.8, 4) is 28.7 Å². The second-order valence-corrected chi connectivity index (χ2v) is 12.5. The first kappa shape index (κ1) is 29.2. The number of phenolic OH excluding ortho intramolecular Hbond substituents is 5. The lowest BCUT2D eigenvalue weighted by molar-refractivity contribution is 0.450. The summed E-state index contributed by atoms with van der Waals surface area (Å²) in [5.41, 5.74) is 10.7. The first-order valence-corrected chi connectivity index (χ1v) is 15.0. The quantitative estimate of drug-likeness (QED) is 0.125. The molecule has 0 amide bonds. The van der Waals surface area contributed by atoms with Crippen LogP contribution in [0.3, 0.4) is 0 Å². The maximum absolute atomic E-state index is 11.5. The van der Waals surface area contributed by atoms with E-state index in [0.29, 0.717) is 87.7 Å². The van der Waals surface area contributed by atoms with Gasteiger partial charge in [-0.15, -0.1) is 0 Å². The summed E-state index contributed by atoms with van der Waals surface area (Å²) in [7, 11) is 0. The number of para-hydroxylation sites is 1. The third kappa shape index (κ3) is 5.58. The van der Waals surface area contributed by atoms with E-state index >= 15 is 0 Å². The summed E-state index contributed by atoms with van der Waals surface area (Å²) < 4.78 is 0. The van der Waals surface area contributed by atoms with Crippen LogP contribution in [0.15, 0.2) is 66.7 Å². The Bertz CT molecular complexity index is 1800. The van der Waals surface area contributed by atoms with E-state index in [2.05, 4.69) is 0 Å². The van der Waals surface area contributed by atoms with Crippen LogP contribution in [0.1, 0.15) is 77.9 Å². The zero-order valence-corrected chi connectivity index (χ0v) is 25.6. The lowest BCUT2D eigenvalue weighted by Gasteiger charge is -2.18. The SMILES string of the molecule is Cc1cc2c(O)c(c1)Cc1cc(C)cc(c1O)Cc1cc(C)cc(c1O)Cc1cc(C)cc(c1O)Cc1cccc(c1O)C2. The Labute approximate surface area is 258 Å². The van der Waals surface area contributed by atoms with Gasteiger partial charge in [0, 0.05) is 32.1 Å². The predicted octanol–water partition coefficient (Wildman–Crippen LogP) is 7.72. The van der Waals surface area contributed by atoms with Gasteiger partial charge in [-0.2, -0.15) is 0 Å². The fourth-order valence-corrected chi connectivity index (χ4v) is 6.77. The molecule has 0 fully saturated rings. The molecular formula is C39H38O5. The Morgan fingerprint density at radius 2 is 0.500 bits per heavy atom. The molecule has 6 rings (SSSR count). The van der Waals surface area contributed by atoms with Crippen LogP contribution in [0, 0.1) is 27.7 Å². The molecule has 5 aromatic carbocycles. The lowest BCUT2D eigenvalue weighted by atomic mass is 9.89. The van der Waals surface area contributed by atoms with Gasteiger partial charge in [0.05, 0.1) is 0 Å². The second-order valence-electron chi connectivity index (χ2n) is 12.5. The van der Waals surface area contributed by atoms with Crippen LogP contribution in [0.2, 0.25) is 0 Å². The molecule has 0 aliphatic heterocycles. The molecule has 1 aliphatic rings. The van der Waals surface area contributed by atoms with Gasteiger partial charge in [-0.3, -0.25) is 0 Å². The topological polar surface area (TPSA) is 101 Å². The van der Waals surface area contributed by atoms with Gasteiger partial charge in [-0.1, -0.05) is 89.0 Å². The van der Waals surface area contributed by atoms with Crippen molar-refractivity contribution in [1.82, 2.24) is 0 Å².